The highest BCUT2D eigenvalue weighted by molar-refractivity contribution is 5.65. The lowest BCUT2D eigenvalue weighted by atomic mass is 10.1. The fourth-order valence-electron chi connectivity index (χ4n) is 1.10. The molecular weight excluding hydrogens is 178 g/mol. The van der Waals surface area contributed by atoms with Crippen molar-refractivity contribution >= 4 is 6.09 Å². The summed E-state index contributed by atoms with van der Waals surface area (Å²) in [5.74, 6) is 0. The van der Waals surface area contributed by atoms with Crippen molar-refractivity contribution < 1.29 is 9.90 Å². The summed E-state index contributed by atoms with van der Waals surface area (Å²) in [7, 11) is 0. The van der Waals surface area contributed by atoms with E-state index in [0.29, 0.717) is 13.1 Å². The van der Waals surface area contributed by atoms with Crippen LogP contribution in [-0.4, -0.2) is 29.2 Å². The second-order valence-corrected chi connectivity index (χ2v) is 3.02. The first kappa shape index (κ1) is 12.8. The molecule has 1 N–H and O–H groups in total. The van der Waals surface area contributed by atoms with Gasteiger partial charge in [0.25, 0.3) is 0 Å². The average molecular weight is 197 g/mol. The summed E-state index contributed by atoms with van der Waals surface area (Å²) < 4.78 is 0. The standard InChI is InChI=1S/C11H19NO2/c1-4-7-8-10(5-2)9-12(6-3)11(13)14/h4-5,7H,6,8-9H2,1-3H3,(H,13,14)/b7-4-,10-5+. The van der Waals surface area contributed by atoms with Gasteiger partial charge in [-0.3, -0.25) is 0 Å². The minimum absolute atomic E-state index is 0.507. The lowest BCUT2D eigenvalue weighted by Gasteiger charge is -2.18. The van der Waals surface area contributed by atoms with Crippen molar-refractivity contribution in [1.29, 1.82) is 0 Å². The van der Waals surface area contributed by atoms with E-state index in [1.165, 1.54) is 4.90 Å². The summed E-state index contributed by atoms with van der Waals surface area (Å²) in [6, 6.07) is 0. The minimum atomic E-state index is -0.854. The van der Waals surface area contributed by atoms with E-state index in [9.17, 15) is 4.79 Å². The van der Waals surface area contributed by atoms with Gasteiger partial charge in [-0.15, -0.1) is 0 Å². The Bertz CT molecular complexity index is 231. The molecule has 0 aliphatic heterocycles. The number of nitrogens with zero attached hydrogens (tertiary/aromatic N) is 1. The monoisotopic (exact) mass is 197 g/mol. The number of likely N-dealkylation sites (N-methyl/N-ethyl adjacent to an activating group) is 1. The summed E-state index contributed by atoms with van der Waals surface area (Å²) in [6.45, 7) is 6.78. The average Bonchev–Trinajstić information content (AvgIpc) is 2.18. The summed E-state index contributed by atoms with van der Waals surface area (Å²) >= 11 is 0. The Balaban J connectivity index is 4.22. The maximum absolute atomic E-state index is 10.7. The van der Waals surface area contributed by atoms with Crippen LogP contribution in [-0.2, 0) is 0 Å². The zero-order chi connectivity index (χ0) is 11.0. The first-order chi connectivity index (χ1) is 6.65. The van der Waals surface area contributed by atoms with E-state index in [-0.39, 0.29) is 0 Å². The third kappa shape index (κ3) is 4.70. The van der Waals surface area contributed by atoms with E-state index in [2.05, 4.69) is 0 Å². The first-order valence-corrected chi connectivity index (χ1v) is 4.88. The van der Waals surface area contributed by atoms with Crippen LogP contribution in [0.5, 0.6) is 0 Å². The van der Waals surface area contributed by atoms with Crippen LogP contribution in [0.15, 0.2) is 23.8 Å². The fraction of sp³-hybridized carbons (Fsp3) is 0.545. The van der Waals surface area contributed by atoms with E-state index >= 15 is 0 Å². The minimum Gasteiger partial charge on any atom is -0.465 e. The summed E-state index contributed by atoms with van der Waals surface area (Å²) in [6.07, 6.45) is 5.96. The lowest BCUT2D eigenvalue weighted by molar-refractivity contribution is 0.151. The van der Waals surface area contributed by atoms with Crippen LogP contribution >= 0.6 is 0 Å². The summed E-state index contributed by atoms with van der Waals surface area (Å²) in [5.41, 5.74) is 1.13. The van der Waals surface area contributed by atoms with Gasteiger partial charge in [-0.1, -0.05) is 23.8 Å². The van der Waals surface area contributed by atoms with Crippen molar-refractivity contribution in [2.45, 2.75) is 27.2 Å². The van der Waals surface area contributed by atoms with E-state index in [1.54, 1.807) is 0 Å². The molecule has 0 fully saturated rings. The van der Waals surface area contributed by atoms with Crippen LogP contribution < -0.4 is 0 Å². The SMILES string of the molecule is C/C=C\C/C(=C\C)CN(CC)C(=O)O. The van der Waals surface area contributed by atoms with Crippen molar-refractivity contribution in [3.63, 3.8) is 0 Å². The maximum atomic E-state index is 10.7. The van der Waals surface area contributed by atoms with E-state index in [4.69, 9.17) is 5.11 Å². The van der Waals surface area contributed by atoms with Gasteiger partial charge in [-0.05, 0) is 27.2 Å². The Hall–Kier alpha value is -1.25. The second kappa shape index (κ2) is 7.18. The Labute approximate surface area is 85.7 Å². The molecule has 0 atom stereocenters. The van der Waals surface area contributed by atoms with Gasteiger partial charge in [0.15, 0.2) is 0 Å². The number of allylic oxidation sites excluding steroid dienone is 3. The highest BCUT2D eigenvalue weighted by Crippen LogP contribution is 2.05. The third-order valence-electron chi connectivity index (χ3n) is 2.07. The van der Waals surface area contributed by atoms with Crippen molar-refractivity contribution in [3.05, 3.63) is 23.8 Å². The zero-order valence-corrected chi connectivity index (χ0v) is 9.16. The maximum Gasteiger partial charge on any atom is 0.407 e. The van der Waals surface area contributed by atoms with E-state index in [1.807, 2.05) is 39.0 Å². The Morgan fingerprint density at radius 1 is 1.43 bits per heavy atom. The molecule has 0 saturated heterocycles. The van der Waals surface area contributed by atoms with Gasteiger partial charge in [-0.2, -0.15) is 0 Å². The van der Waals surface area contributed by atoms with Crippen molar-refractivity contribution in [1.82, 2.24) is 4.90 Å². The van der Waals surface area contributed by atoms with Crippen LogP contribution in [0.3, 0.4) is 0 Å². The van der Waals surface area contributed by atoms with E-state index < -0.39 is 6.09 Å². The highest BCUT2D eigenvalue weighted by atomic mass is 16.4. The molecule has 0 aliphatic rings. The molecule has 0 saturated carbocycles. The van der Waals surface area contributed by atoms with Gasteiger partial charge in [0, 0.05) is 13.1 Å². The predicted octanol–water partition coefficient (Wildman–Crippen LogP) is 2.90. The van der Waals surface area contributed by atoms with Crippen molar-refractivity contribution in [2.24, 2.45) is 0 Å². The molecular formula is C11H19NO2. The van der Waals surface area contributed by atoms with Gasteiger partial charge in [0.05, 0.1) is 0 Å². The van der Waals surface area contributed by atoms with Gasteiger partial charge < -0.3 is 10.0 Å². The molecule has 14 heavy (non-hydrogen) atoms. The Kier molecular flexibility index (Phi) is 6.54. The summed E-state index contributed by atoms with van der Waals surface area (Å²) in [4.78, 5) is 12.1. The number of carbonyl (C=O) groups is 1. The van der Waals surface area contributed by atoms with Crippen molar-refractivity contribution in [3.8, 4) is 0 Å². The molecule has 80 valence electrons. The molecule has 0 unspecified atom stereocenters. The molecule has 0 aromatic rings. The smallest absolute Gasteiger partial charge is 0.407 e. The molecule has 0 bridgehead atoms. The first-order valence-electron chi connectivity index (χ1n) is 4.88. The van der Waals surface area contributed by atoms with Crippen LogP contribution in [0, 0.1) is 0 Å². The molecule has 1 amide bonds. The van der Waals surface area contributed by atoms with Gasteiger partial charge in [-0.25, -0.2) is 4.79 Å². The van der Waals surface area contributed by atoms with Gasteiger partial charge >= 0.3 is 6.09 Å². The summed E-state index contributed by atoms with van der Waals surface area (Å²) in [5, 5.41) is 8.82. The number of hydrogen-bond donors (Lipinski definition) is 1. The number of carboxylic acid groups (broad SMARTS) is 1. The fourth-order valence-corrected chi connectivity index (χ4v) is 1.10. The number of amides is 1. The molecule has 0 spiro atoms. The Morgan fingerprint density at radius 2 is 2.07 bits per heavy atom. The Morgan fingerprint density at radius 3 is 2.43 bits per heavy atom. The second-order valence-electron chi connectivity index (χ2n) is 3.02. The highest BCUT2D eigenvalue weighted by Gasteiger charge is 2.09. The quantitative estimate of drug-likeness (QED) is 0.688. The molecule has 0 aromatic heterocycles. The molecule has 0 rings (SSSR count). The normalized spacial score (nSPS) is 12.1. The topological polar surface area (TPSA) is 40.5 Å². The number of hydrogen-bond acceptors (Lipinski definition) is 1. The van der Waals surface area contributed by atoms with E-state index in [0.717, 1.165) is 12.0 Å². The molecule has 0 aliphatic carbocycles. The van der Waals surface area contributed by atoms with Crippen molar-refractivity contribution in [2.75, 3.05) is 13.1 Å². The molecule has 0 aromatic carbocycles. The van der Waals surface area contributed by atoms with Crippen LogP contribution in [0.25, 0.3) is 0 Å². The molecule has 3 nitrogen and oxygen atoms in total. The molecule has 3 heteroatoms. The van der Waals surface area contributed by atoms with Gasteiger partial charge in [0.2, 0.25) is 0 Å². The largest absolute Gasteiger partial charge is 0.465 e. The number of rotatable bonds is 5. The van der Waals surface area contributed by atoms with Crippen LogP contribution in [0.2, 0.25) is 0 Å². The van der Waals surface area contributed by atoms with Crippen LogP contribution in [0.1, 0.15) is 27.2 Å². The molecule has 0 heterocycles. The lowest BCUT2D eigenvalue weighted by Crippen LogP contribution is -2.30. The van der Waals surface area contributed by atoms with Crippen LogP contribution in [0.4, 0.5) is 4.79 Å². The van der Waals surface area contributed by atoms with Gasteiger partial charge in [0.1, 0.15) is 0 Å². The molecule has 0 radical (unpaired) electrons. The predicted molar refractivity (Wildman–Crippen MR) is 58.5 cm³/mol. The zero-order valence-electron chi connectivity index (χ0n) is 9.16. The third-order valence-corrected chi connectivity index (χ3v) is 2.07.